The summed E-state index contributed by atoms with van der Waals surface area (Å²) in [6.45, 7) is 1.84. The molecule has 7 nitrogen and oxygen atoms in total. The molecule has 0 bridgehead atoms. The predicted molar refractivity (Wildman–Crippen MR) is 123 cm³/mol. The number of hydrogen-bond acceptors (Lipinski definition) is 5. The molecular formula is C23H25N3O4S. The molecule has 3 aromatic rings. The second-order valence-electron chi connectivity index (χ2n) is 6.73. The van der Waals surface area contributed by atoms with Gasteiger partial charge in [-0.1, -0.05) is 60.2 Å². The van der Waals surface area contributed by atoms with Gasteiger partial charge in [-0.05, 0) is 48.7 Å². The number of amides is 1. The lowest BCUT2D eigenvalue weighted by atomic mass is 10.1. The maximum Gasteiger partial charge on any atom is 0.294 e. The van der Waals surface area contributed by atoms with E-state index >= 15 is 0 Å². The van der Waals surface area contributed by atoms with Crippen molar-refractivity contribution in [3.63, 3.8) is 0 Å². The van der Waals surface area contributed by atoms with Gasteiger partial charge in [0.2, 0.25) is 5.91 Å². The van der Waals surface area contributed by atoms with Crippen LogP contribution in [0.3, 0.4) is 0 Å². The van der Waals surface area contributed by atoms with E-state index in [1.54, 1.807) is 18.3 Å². The Kier molecular flexibility index (Phi) is 8.93. The zero-order valence-corrected chi connectivity index (χ0v) is 17.9. The van der Waals surface area contributed by atoms with E-state index in [1.807, 2.05) is 61.5 Å². The van der Waals surface area contributed by atoms with Gasteiger partial charge in [-0.2, -0.15) is 13.5 Å². The molecule has 3 rings (SSSR count). The van der Waals surface area contributed by atoms with Crippen molar-refractivity contribution < 1.29 is 17.8 Å². The summed E-state index contributed by atoms with van der Waals surface area (Å²) in [7, 11) is -4.02. The first-order chi connectivity index (χ1) is 14.8. The van der Waals surface area contributed by atoms with Crippen LogP contribution in [0.15, 0.2) is 88.9 Å². The van der Waals surface area contributed by atoms with Crippen LogP contribution in [-0.4, -0.2) is 25.1 Å². The molecule has 0 heterocycles. The second kappa shape index (κ2) is 11.6. The van der Waals surface area contributed by atoms with Gasteiger partial charge < -0.3 is 11.2 Å². The van der Waals surface area contributed by atoms with Crippen molar-refractivity contribution in [3.8, 4) is 0 Å². The Hall–Kier alpha value is -3.49. The summed E-state index contributed by atoms with van der Waals surface area (Å²) < 4.78 is 29.6. The highest BCUT2D eigenvalue weighted by atomic mass is 32.2. The number of benzene rings is 3. The van der Waals surface area contributed by atoms with Crippen LogP contribution in [-0.2, 0) is 21.3 Å². The maximum atomic E-state index is 11.9. The van der Waals surface area contributed by atoms with Crippen LogP contribution in [0.1, 0.15) is 23.1 Å². The van der Waals surface area contributed by atoms with E-state index in [1.165, 1.54) is 12.1 Å². The molecule has 162 valence electrons. The molecule has 4 N–H and O–H groups in total. The summed E-state index contributed by atoms with van der Waals surface area (Å²) in [6.07, 6.45) is 2.73. The summed E-state index contributed by atoms with van der Waals surface area (Å²) in [5.41, 5.74) is 3.72. The first kappa shape index (κ1) is 23.8. The van der Waals surface area contributed by atoms with Crippen molar-refractivity contribution in [1.82, 2.24) is 0 Å². The number of nitrogens with two attached hydrogens (primary N) is 1. The molecule has 0 aliphatic carbocycles. The SMILES string of the molecule is Cc1ccc(S(=O)(=O)O)cc1.NN=Cc1cccc(NC(=O)CCc2ccccc2)c1. The van der Waals surface area contributed by atoms with Crippen molar-refractivity contribution in [2.45, 2.75) is 24.7 Å². The van der Waals surface area contributed by atoms with Gasteiger partial charge in [0.05, 0.1) is 11.1 Å². The average Bonchev–Trinajstić information content (AvgIpc) is 2.74. The Morgan fingerprint density at radius 2 is 1.71 bits per heavy atom. The minimum Gasteiger partial charge on any atom is -0.326 e. The number of aryl methyl sites for hydroxylation is 2. The summed E-state index contributed by atoms with van der Waals surface area (Å²) in [4.78, 5) is 11.8. The average molecular weight is 440 g/mol. The molecule has 0 spiro atoms. The highest BCUT2D eigenvalue weighted by Gasteiger charge is 2.07. The maximum absolute atomic E-state index is 11.9. The molecule has 0 saturated carbocycles. The molecule has 3 aromatic carbocycles. The van der Waals surface area contributed by atoms with Crippen molar-refractivity contribution in [1.29, 1.82) is 0 Å². The van der Waals surface area contributed by atoms with Crippen LogP contribution in [0.4, 0.5) is 5.69 Å². The molecule has 0 fully saturated rings. The molecule has 0 aliphatic heterocycles. The van der Waals surface area contributed by atoms with Gasteiger partial charge in [-0.25, -0.2) is 0 Å². The monoisotopic (exact) mass is 439 g/mol. The minimum absolute atomic E-state index is 0.00399. The van der Waals surface area contributed by atoms with Gasteiger partial charge >= 0.3 is 0 Å². The fourth-order valence-electron chi connectivity index (χ4n) is 2.62. The van der Waals surface area contributed by atoms with Crippen LogP contribution in [0.5, 0.6) is 0 Å². The number of hydrazone groups is 1. The van der Waals surface area contributed by atoms with Gasteiger partial charge in [0.15, 0.2) is 0 Å². The highest BCUT2D eigenvalue weighted by Crippen LogP contribution is 2.11. The Morgan fingerprint density at radius 1 is 1.03 bits per heavy atom. The third kappa shape index (κ3) is 8.81. The topological polar surface area (TPSA) is 122 Å². The number of nitrogens with one attached hydrogen (secondary N) is 1. The van der Waals surface area contributed by atoms with Crippen molar-refractivity contribution >= 4 is 27.9 Å². The van der Waals surface area contributed by atoms with Gasteiger partial charge in [-0.15, -0.1) is 0 Å². The minimum atomic E-state index is -4.02. The molecular weight excluding hydrogens is 414 g/mol. The first-order valence-corrected chi connectivity index (χ1v) is 10.9. The summed E-state index contributed by atoms with van der Waals surface area (Å²) in [5.74, 6) is 5.10. The van der Waals surface area contributed by atoms with Gasteiger partial charge in [-0.3, -0.25) is 9.35 Å². The third-order valence-corrected chi connectivity index (χ3v) is 5.06. The third-order valence-electron chi connectivity index (χ3n) is 4.20. The molecule has 0 unspecified atom stereocenters. The van der Waals surface area contributed by atoms with Crippen LogP contribution in [0.25, 0.3) is 0 Å². The van der Waals surface area contributed by atoms with Crippen LogP contribution in [0.2, 0.25) is 0 Å². The molecule has 0 aliphatic rings. The largest absolute Gasteiger partial charge is 0.326 e. The lowest BCUT2D eigenvalue weighted by molar-refractivity contribution is -0.116. The molecule has 8 heteroatoms. The quantitative estimate of drug-likeness (QED) is 0.233. The summed E-state index contributed by atoms with van der Waals surface area (Å²) in [5, 5.41) is 6.33. The van der Waals surface area contributed by atoms with Crippen LogP contribution >= 0.6 is 0 Å². The van der Waals surface area contributed by atoms with Crippen LogP contribution in [0, 0.1) is 6.92 Å². The van der Waals surface area contributed by atoms with Crippen molar-refractivity contribution in [2.24, 2.45) is 10.9 Å². The highest BCUT2D eigenvalue weighted by molar-refractivity contribution is 7.85. The van der Waals surface area contributed by atoms with E-state index in [0.717, 1.165) is 28.8 Å². The van der Waals surface area contributed by atoms with Crippen LogP contribution < -0.4 is 11.2 Å². The lowest BCUT2D eigenvalue weighted by Gasteiger charge is -2.06. The fraction of sp³-hybridized carbons (Fsp3) is 0.130. The van der Waals surface area contributed by atoms with E-state index in [0.29, 0.717) is 6.42 Å². The number of rotatable bonds is 6. The Bertz CT molecular complexity index is 1110. The van der Waals surface area contributed by atoms with Gasteiger partial charge in [0, 0.05) is 12.1 Å². The van der Waals surface area contributed by atoms with E-state index in [-0.39, 0.29) is 10.8 Å². The lowest BCUT2D eigenvalue weighted by Crippen LogP contribution is -2.12. The van der Waals surface area contributed by atoms with Gasteiger partial charge in [0.25, 0.3) is 10.1 Å². The Labute approximate surface area is 182 Å². The molecule has 0 atom stereocenters. The predicted octanol–water partition coefficient (Wildman–Crippen LogP) is 3.79. The molecule has 1 amide bonds. The molecule has 31 heavy (non-hydrogen) atoms. The Morgan fingerprint density at radius 3 is 2.32 bits per heavy atom. The van der Waals surface area contributed by atoms with Crippen molar-refractivity contribution in [2.75, 3.05) is 5.32 Å². The molecule has 0 saturated heterocycles. The zero-order valence-electron chi connectivity index (χ0n) is 17.1. The zero-order chi connectivity index (χ0) is 22.7. The van der Waals surface area contributed by atoms with Gasteiger partial charge in [0.1, 0.15) is 0 Å². The van der Waals surface area contributed by atoms with E-state index < -0.39 is 10.1 Å². The first-order valence-electron chi connectivity index (χ1n) is 9.49. The fourth-order valence-corrected chi connectivity index (χ4v) is 3.10. The summed E-state index contributed by atoms with van der Waals surface area (Å²) in [6, 6.07) is 23.3. The number of hydrogen-bond donors (Lipinski definition) is 3. The second-order valence-corrected chi connectivity index (χ2v) is 8.15. The standard InChI is InChI=1S/C16H17N3O.C7H8O3S/c17-18-12-14-7-4-8-15(11-14)19-16(20)10-9-13-5-2-1-3-6-13;1-6-2-4-7(5-3-6)11(8,9)10/h1-8,11-12H,9-10,17H2,(H,19,20);2-5H,1H3,(H,8,9,10). The smallest absolute Gasteiger partial charge is 0.294 e. The van der Waals surface area contributed by atoms with E-state index in [4.69, 9.17) is 10.4 Å². The number of carbonyl (C=O) groups is 1. The number of carbonyl (C=O) groups excluding carboxylic acids is 1. The molecule has 0 aromatic heterocycles. The number of nitrogens with zero attached hydrogens (tertiary/aromatic N) is 1. The Balaban J connectivity index is 0.000000262. The number of anilines is 1. The normalized spacial score (nSPS) is 10.9. The van der Waals surface area contributed by atoms with E-state index in [2.05, 4.69) is 10.4 Å². The molecule has 0 radical (unpaired) electrons. The summed E-state index contributed by atoms with van der Waals surface area (Å²) >= 11 is 0. The van der Waals surface area contributed by atoms with Crippen molar-refractivity contribution in [3.05, 3.63) is 95.6 Å². The van der Waals surface area contributed by atoms with E-state index in [9.17, 15) is 13.2 Å².